The lowest BCUT2D eigenvalue weighted by molar-refractivity contribution is -0.112. The SMILES string of the molecule is Cc1cc(/C=C(/C#N)C(=O)Nc2ccccc2Cl)c(C)n1-c1ccc(N2CCOCC2)cc1. The lowest BCUT2D eigenvalue weighted by atomic mass is 10.1. The first-order valence-corrected chi connectivity index (χ1v) is 11.2. The summed E-state index contributed by atoms with van der Waals surface area (Å²) in [6, 6.07) is 19.3. The number of rotatable bonds is 5. The van der Waals surface area contributed by atoms with E-state index in [0.29, 0.717) is 10.7 Å². The smallest absolute Gasteiger partial charge is 0.266 e. The molecular weight excluding hydrogens is 436 g/mol. The van der Waals surface area contributed by atoms with E-state index in [9.17, 15) is 10.1 Å². The molecule has 0 saturated carbocycles. The van der Waals surface area contributed by atoms with Crippen LogP contribution in [0.2, 0.25) is 5.02 Å². The molecule has 0 spiro atoms. The van der Waals surface area contributed by atoms with Crippen LogP contribution in [0.25, 0.3) is 11.8 Å². The van der Waals surface area contributed by atoms with Gasteiger partial charge < -0.3 is 19.5 Å². The van der Waals surface area contributed by atoms with Gasteiger partial charge in [0.25, 0.3) is 5.91 Å². The quantitative estimate of drug-likeness (QED) is 0.423. The Morgan fingerprint density at radius 3 is 2.42 bits per heavy atom. The van der Waals surface area contributed by atoms with Gasteiger partial charge in [-0.05, 0) is 68.0 Å². The number of hydrogen-bond acceptors (Lipinski definition) is 4. The molecule has 0 bridgehead atoms. The van der Waals surface area contributed by atoms with Crippen molar-refractivity contribution in [2.75, 3.05) is 36.5 Å². The number of benzene rings is 2. The maximum absolute atomic E-state index is 12.7. The van der Waals surface area contributed by atoms with Crippen LogP contribution in [0.15, 0.2) is 60.2 Å². The lowest BCUT2D eigenvalue weighted by Crippen LogP contribution is -2.36. The highest BCUT2D eigenvalue weighted by atomic mass is 35.5. The maximum Gasteiger partial charge on any atom is 0.266 e. The summed E-state index contributed by atoms with van der Waals surface area (Å²) in [4.78, 5) is 15.0. The minimum absolute atomic E-state index is 0.0119. The fraction of sp³-hybridized carbons (Fsp3) is 0.231. The number of carbonyl (C=O) groups excluding carboxylic acids is 1. The summed E-state index contributed by atoms with van der Waals surface area (Å²) in [7, 11) is 0. The number of nitrogens with zero attached hydrogens (tertiary/aromatic N) is 3. The first-order valence-electron chi connectivity index (χ1n) is 10.8. The Hall–Kier alpha value is -3.53. The molecule has 0 unspecified atom stereocenters. The van der Waals surface area contributed by atoms with Crippen molar-refractivity contribution in [1.82, 2.24) is 4.57 Å². The van der Waals surface area contributed by atoms with Crippen molar-refractivity contribution >= 4 is 35.0 Å². The number of aryl methyl sites for hydroxylation is 1. The molecule has 1 N–H and O–H groups in total. The summed E-state index contributed by atoms with van der Waals surface area (Å²) >= 11 is 6.12. The predicted molar refractivity (Wildman–Crippen MR) is 132 cm³/mol. The van der Waals surface area contributed by atoms with Gasteiger partial charge in [-0.25, -0.2) is 0 Å². The standard InChI is InChI=1S/C26H25ClN4O2/c1-18-15-20(16-21(17-28)26(32)29-25-6-4-3-5-24(25)27)19(2)31(18)23-9-7-22(8-10-23)30-11-13-33-14-12-30/h3-10,15-16H,11-14H2,1-2H3,(H,29,32)/b21-16-. The third kappa shape index (κ3) is 4.95. The molecule has 0 atom stereocenters. The molecule has 1 aliphatic heterocycles. The van der Waals surface area contributed by atoms with Gasteiger partial charge in [-0.3, -0.25) is 4.79 Å². The van der Waals surface area contributed by atoms with E-state index < -0.39 is 5.91 Å². The molecule has 1 aromatic heterocycles. The summed E-state index contributed by atoms with van der Waals surface area (Å²) < 4.78 is 7.56. The summed E-state index contributed by atoms with van der Waals surface area (Å²) in [6.45, 7) is 7.27. The van der Waals surface area contributed by atoms with Gasteiger partial charge >= 0.3 is 0 Å². The first kappa shape index (κ1) is 22.7. The largest absolute Gasteiger partial charge is 0.378 e. The van der Waals surface area contributed by atoms with Crippen molar-refractivity contribution in [3.05, 3.63) is 82.1 Å². The first-order chi connectivity index (χ1) is 16.0. The molecule has 1 saturated heterocycles. The van der Waals surface area contributed by atoms with Crippen LogP contribution >= 0.6 is 11.6 Å². The van der Waals surface area contributed by atoms with E-state index in [4.69, 9.17) is 16.3 Å². The number of ether oxygens (including phenoxy) is 1. The third-order valence-corrected chi connectivity index (χ3v) is 6.07. The van der Waals surface area contributed by atoms with Gasteiger partial charge in [-0.1, -0.05) is 23.7 Å². The second-order valence-electron chi connectivity index (χ2n) is 7.88. The second-order valence-corrected chi connectivity index (χ2v) is 8.29. The number of hydrogen-bond donors (Lipinski definition) is 1. The van der Waals surface area contributed by atoms with E-state index in [1.165, 1.54) is 5.69 Å². The van der Waals surface area contributed by atoms with Crippen molar-refractivity contribution in [3.8, 4) is 11.8 Å². The highest BCUT2D eigenvalue weighted by molar-refractivity contribution is 6.34. The minimum Gasteiger partial charge on any atom is -0.378 e. The van der Waals surface area contributed by atoms with Gasteiger partial charge in [0.05, 0.1) is 23.9 Å². The number of carbonyl (C=O) groups is 1. The van der Waals surface area contributed by atoms with Crippen LogP contribution in [0.4, 0.5) is 11.4 Å². The van der Waals surface area contributed by atoms with Crippen molar-refractivity contribution in [2.24, 2.45) is 0 Å². The Morgan fingerprint density at radius 2 is 1.76 bits per heavy atom. The van der Waals surface area contributed by atoms with Crippen LogP contribution in [-0.2, 0) is 9.53 Å². The summed E-state index contributed by atoms with van der Waals surface area (Å²) in [5, 5.41) is 12.7. The minimum atomic E-state index is -0.495. The van der Waals surface area contributed by atoms with Gasteiger partial charge in [-0.2, -0.15) is 5.26 Å². The topological polar surface area (TPSA) is 70.3 Å². The Bertz CT molecular complexity index is 1230. The number of morpholine rings is 1. The van der Waals surface area contributed by atoms with Gasteiger partial charge in [0, 0.05) is 35.9 Å². The fourth-order valence-electron chi connectivity index (χ4n) is 4.02. The number of anilines is 2. The second kappa shape index (κ2) is 9.95. The van der Waals surface area contributed by atoms with Crippen molar-refractivity contribution in [3.63, 3.8) is 0 Å². The van der Waals surface area contributed by atoms with Crippen LogP contribution in [0.1, 0.15) is 17.0 Å². The summed E-state index contributed by atoms with van der Waals surface area (Å²) in [6.07, 6.45) is 1.62. The zero-order valence-electron chi connectivity index (χ0n) is 18.6. The normalized spacial score (nSPS) is 14.1. The van der Waals surface area contributed by atoms with Gasteiger partial charge in [-0.15, -0.1) is 0 Å². The number of nitriles is 1. The van der Waals surface area contributed by atoms with Crippen LogP contribution in [-0.4, -0.2) is 36.8 Å². The van der Waals surface area contributed by atoms with E-state index >= 15 is 0 Å². The number of para-hydroxylation sites is 1. The average Bonchev–Trinajstić information content (AvgIpc) is 3.12. The van der Waals surface area contributed by atoms with E-state index in [-0.39, 0.29) is 5.57 Å². The van der Waals surface area contributed by atoms with Gasteiger partial charge in [0.15, 0.2) is 0 Å². The Balaban J connectivity index is 1.58. The molecule has 7 heteroatoms. The van der Waals surface area contributed by atoms with E-state index in [0.717, 1.165) is 48.9 Å². The Labute approximate surface area is 198 Å². The highest BCUT2D eigenvalue weighted by Gasteiger charge is 2.16. The molecule has 1 fully saturated rings. The van der Waals surface area contributed by atoms with Gasteiger partial charge in [0.2, 0.25) is 0 Å². The monoisotopic (exact) mass is 460 g/mol. The number of halogens is 1. The zero-order valence-corrected chi connectivity index (χ0v) is 19.4. The van der Waals surface area contributed by atoms with Gasteiger partial charge in [0.1, 0.15) is 11.6 Å². The van der Waals surface area contributed by atoms with Crippen LogP contribution in [0.3, 0.4) is 0 Å². The average molecular weight is 461 g/mol. The molecule has 1 amide bonds. The summed E-state index contributed by atoms with van der Waals surface area (Å²) in [5.74, 6) is -0.495. The van der Waals surface area contributed by atoms with Crippen LogP contribution in [0, 0.1) is 25.2 Å². The molecule has 4 rings (SSSR count). The van der Waals surface area contributed by atoms with Crippen molar-refractivity contribution in [1.29, 1.82) is 5.26 Å². The van der Waals surface area contributed by atoms with E-state index in [2.05, 4.69) is 39.0 Å². The molecule has 6 nitrogen and oxygen atoms in total. The maximum atomic E-state index is 12.7. The molecule has 3 aromatic rings. The zero-order chi connectivity index (χ0) is 23.4. The molecule has 2 aromatic carbocycles. The number of aromatic nitrogens is 1. The van der Waals surface area contributed by atoms with E-state index in [1.54, 1.807) is 30.3 Å². The predicted octanol–water partition coefficient (Wildman–Crippen LogP) is 5.13. The Morgan fingerprint density at radius 1 is 1.09 bits per heavy atom. The molecular formula is C26H25ClN4O2. The molecule has 168 valence electrons. The van der Waals surface area contributed by atoms with Crippen molar-refractivity contribution < 1.29 is 9.53 Å². The summed E-state index contributed by atoms with van der Waals surface area (Å²) in [5.41, 5.74) is 5.46. The fourth-order valence-corrected chi connectivity index (χ4v) is 4.20. The highest BCUT2D eigenvalue weighted by Crippen LogP contribution is 2.26. The van der Waals surface area contributed by atoms with Crippen LogP contribution < -0.4 is 10.2 Å². The molecule has 1 aliphatic rings. The number of nitrogens with one attached hydrogen (secondary N) is 1. The molecule has 33 heavy (non-hydrogen) atoms. The Kier molecular flexibility index (Phi) is 6.83. The van der Waals surface area contributed by atoms with Crippen LogP contribution in [0.5, 0.6) is 0 Å². The molecule has 0 radical (unpaired) electrons. The van der Waals surface area contributed by atoms with Crippen molar-refractivity contribution in [2.45, 2.75) is 13.8 Å². The molecule has 2 heterocycles. The third-order valence-electron chi connectivity index (χ3n) is 5.74. The lowest BCUT2D eigenvalue weighted by Gasteiger charge is -2.29. The number of amides is 1. The molecule has 0 aliphatic carbocycles. The van der Waals surface area contributed by atoms with E-state index in [1.807, 2.05) is 26.0 Å².